The number of nitriles is 1. The van der Waals surface area contributed by atoms with E-state index in [2.05, 4.69) is 42.2 Å². The minimum absolute atomic E-state index is 0.501. The molecule has 2 rings (SSSR count). The van der Waals surface area contributed by atoms with Crippen LogP contribution in [-0.2, 0) is 6.42 Å². The van der Waals surface area contributed by atoms with Crippen LogP contribution in [0.2, 0.25) is 0 Å². The molecule has 0 aliphatic heterocycles. The summed E-state index contributed by atoms with van der Waals surface area (Å²) >= 11 is 5.19. The number of aromatic amines is 1. The molecule has 2 nitrogen and oxygen atoms in total. The van der Waals surface area contributed by atoms with E-state index < -0.39 is 0 Å². The number of nitrogens with one attached hydrogen (secondary N) is 1. The van der Waals surface area contributed by atoms with Gasteiger partial charge in [0.2, 0.25) is 0 Å². The fraction of sp³-hybridized carbons (Fsp3) is 0.250. The van der Waals surface area contributed by atoms with Gasteiger partial charge >= 0.3 is 0 Å². The maximum absolute atomic E-state index is 8.96. The number of hydrogen-bond acceptors (Lipinski definition) is 2. The van der Waals surface area contributed by atoms with E-state index in [9.17, 15) is 0 Å². The van der Waals surface area contributed by atoms with Gasteiger partial charge in [0.1, 0.15) is 10.7 Å². The van der Waals surface area contributed by atoms with Crippen molar-refractivity contribution in [2.75, 3.05) is 0 Å². The molecular formula is C16H16N2S. The maximum atomic E-state index is 8.96. The molecular weight excluding hydrogens is 252 g/mol. The fourth-order valence-electron chi connectivity index (χ4n) is 2.14. The molecule has 1 aromatic carbocycles. The zero-order chi connectivity index (χ0) is 13.8. The lowest BCUT2D eigenvalue weighted by molar-refractivity contribution is 0.922. The normalized spacial score (nSPS) is 10.2. The number of nitrogens with zero attached hydrogens (tertiary/aromatic N) is 1. The van der Waals surface area contributed by atoms with E-state index in [1.807, 2.05) is 13.0 Å². The number of hydrogen-bond donors (Lipinski definition) is 1. The molecule has 1 N–H and O–H groups in total. The predicted molar refractivity (Wildman–Crippen MR) is 80.5 cm³/mol. The van der Waals surface area contributed by atoms with Gasteiger partial charge in [-0.1, -0.05) is 49.8 Å². The number of benzene rings is 1. The summed E-state index contributed by atoms with van der Waals surface area (Å²) in [7, 11) is 0. The van der Waals surface area contributed by atoms with Crippen LogP contribution in [-0.4, -0.2) is 4.98 Å². The van der Waals surface area contributed by atoms with Crippen LogP contribution in [0.4, 0.5) is 0 Å². The van der Waals surface area contributed by atoms with Crippen LogP contribution in [0.1, 0.15) is 30.0 Å². The number of H-pyrrole nitrogens is 1. The van der Waals surface area contributed by atoms with E-state index in [1.165, 1.54) is 5.56 Å². The first-order valence-electron chi connectivity index (χ1n) is 6.39. The highest BCUT2D eigenvalue weighted by Gasteiger charge is 2.05. The van der Waals surface area contributed by atoms with E-state index in [-0.39, 0.29) is 0 Å². The van der Waals surface area contributed by atoms with Gasteiger partial charge in [-0.3, -0.25) is 0 Å². The van der Waals surface area contributed by atoms with Gasteiger partial charge in [-0.05, 0) is 36.1 Å². The number of pyridine rings is 1. The zero-order valence-electron chi connectivity index (χ0n) is 11.2. The molecule has 0 amide bonds. The Kier molecular flexibility index (Phi) is 4.13. The van der Waals surface area contributed by atoms with Crippen LogP contribution in [0, 0.1) is 22.9 Å². The average Bonchev–Trinajstić information content (AvgIpc) is 2.42. The predicted octanol–water partition coefficient (Wildman–Crippen LogP) is 4.54. The van der Waals surface area contributed by atoms with Crippen molar-refractivity contribution in [2.24, 2.45) is 0 Å². The van der Waals surface area contributed by atoms with Gasteiger partial charge in [0, 0.05) is 5.69 Å². The third-order valence-corrected chi connectivity index (χ3v) is 3.46. The Balaban J connectivity index is 2.45. The van der Waals surface area contributed by atoms with Crippen molar-refractivity contribution in [3.05, 3.63) is 51.7 Å². The Morgan fingerprint density at radius 1 is 1.26 bits per heavy atom. The molecule has 1 heterocycles. The summed E-state index contributed by atoms with van der Waals surface area (Å²) in [5.74, 6) is 0. The van der Waals surface area contributed by atoms with Crippen molar-refractivity contribution in [1.29, 1.82) is 5.26 Å². The fourth-order valence-corrected chi connectivity index (χ4v) is 2.35. The molecule has 0 aliphatic rings. The Morgan fingerprint density at radius 2 is 1.95 bits per heavy atom. The van der Waals surface area contributed by atoms with Gasteiger partial charge in [0.05, 0.1) is 5.56 Å². The lowest BCUT2D eigenvalue weighted by atomic mass is 10.0. The highest BCUT2D eigenvalue weighted by atomic mass is 32.1. The van der Waals surface area contributed by atoms with Crippen molar-refractivity contribution >= 4 is 12.2 Å². The molecule has 1 aromatic heterocycles. The van der Waals surface area contributed by atoms with Crippen molar-refractivity contribution in [2.45, 2.75) is 26.7 Å². The molecule has 96 valence electrons. The Hall–Kier alpha value is -1.92. The van der Waals surface area contributed by atoms with Crippen LogP contribution >= 0.6 is 12.2 Å². The smallest absolute Gasteiger partial charge is 0.121 e. The average molecular weight is 268 g/mol. The highest BCUT2D eigenvalue weighted by molar-refractivity contribution is 7.71. The van der Waals surface area contributed by atoms with E-state index >= 15 is 0 Å². The maximum Gasteiger partial charge on any atom is 0.121 e. The van der Waals surface area contributed by atoms with Crippen LogP contribution in [0.3, 0.4) is 0 Å². The van der Waals surface area contributed by atoms with Gasteiger partial charge < -0.3 is 4.98 Å². The first-order valence-corrected chi connectivity index (χ1v) is 6.80. The molecule has 2 aromatic rings. The summed E-state index contributed by atoms with van der Waals surface area (Å²) < 4.78 is 0.501. The molecule has 0 bridgehead atoms. The van der Waals surface area contributed by atoms with Gasteiger partial charge in [-0.15, -0.1) is 0 Å². The second kappa shape index (κ2) is 5.81. The summed E-state index contributed by atoms with van der Waals surface area (Å²) in [5.41, 5.74) is 5.00. The lowest BCUT2D eigenvalue weighted by Crippen LogP contribution is -1.93. The Morgan fingerprint density at radius 3 is 2.53 bits per heavy atom. The molecule has 3 heteroatoms. The second-order valence-electron chi connectivity index (χ2n) is 4.63. The summed E-state index contributed by atoms with van der Waals surface area (Å²) in [5, 5.41) is 8.96. The summed E-state index contributed by atoms with van der Waals surface area (Å²) in [6, 6.07) is 12.4. The summed E-state index contributed by atoms with van der Waals surface area (Å²) in [6.45, 7) is 4.16. The largest absolute Gasteiger partial charge is 0.345 e. The van der Waals surface area contributed by atoms with Gasteiger partial charge in [-0.2, -0.15) is 5.26 Å². The van der Waals surface area contributed by atoms with Crippen molar-refractivity contribution < 1.29 is 0 Å². The first-order chi connectivity index (χ1) is 9.15. The molecule has 0 saturated carbocycles. The number of aryl methyl sites for hydroxylation is 2. The van der Waals surface area contributed by atoms with Crippen molar-refractivity contribution in [1.82, 2.24) is 4.98 Å². The SMILES string of the molecule is CCCc1ccc(-c2[nH]c(=S)c(C#N)cc2C)cc1. The molecule has 0 saturated heterocycles. The molecule has 0 radical (unpaired) electrons. The third kappa shape index (κ3) is 2.91. The summed E-state index contributed by atoms with van der Waals surface area (Å²) in [4.78, 5) is 3.16. The van der Waals surface area contributed by atoms with Gasteiger partial charge in [0.25, 0.3) is 0 Å². The minimum Gasteiger partial charge on any atom is -0.345 e. The lowest BCUT2D eigenvalue weighted by Gasteiger charge is -2.08. The van der Waals surface area contributed by atoms with Gasteiger partial charge in [-0.25, -0.2) is 0 Å². The molecule has 0 fully saturated rings. The second-order valence-corrected chi connectivity index (χ2v) is 5.04. The van der Waals surface area contributed by atoms with E-state index in [4.69, 9.17) is 17.5 Å². The molecule has 0 unspecified atom stereocenters. The van der Waals surface area contributed by atoms with E-state index in [0.717, 1.165) is 29.7 Å². The standard InChI is InChI=1S/C16H16N2S/c1-3-4-12-5-7-13(8-6-12)15-11(2)9-14(10-17)16(19)18-15/h5-9H,3-4H2,1-2H3,(H,18,19). The minimum atomic E-state index is 0.501. The molecule has 0 spiro atoms. The molecule has 0 atom stereocenters. The van der Waals surface area contributed by atoms with Crippen molar-refractivity contribution in [3.8, 4) is 17.3 Å². The van der Waals surface area contributed by atoms with Crippen molar-refractivity contribution in [3.63, 3.8) is 0 Å². The van der Waals surface area contributed by atoms with Crippen LogP contribution in [0.5, 0.6) is 0 Å². The molecule has 19 heavy (non-hydrogen) atoms. The van der Waals surface area contributed by atoms with Crippen LogP contribution in [0.15, 0.2) is 30.3 Å². The van der Waals surface area contributed by atoms with E-state index in [0.29, 0.717) is 10.2 Å². The van der Waals surface area contributed by atoms with Crippen LogP contribution in [0.25, 0.3) is 11.3 Å². The monoisotopic (exact) mass is 268 g/mol. The molecule has 0 aliphatic carbocycles. The first kappa shape index (κ1) is 13.5. The van der Waals surface area contributed by atoms with E-state index in [1.54, 1.807) is 0 Å². The van der Waals surface area contributed by atoms with Gasteiger partial charge in [0.15, 0.2) is 0 Å². The quantitative estimate of drug-likeness (QED) is 0.830. The highest BCUT2D eigenvalue weighted by Crippen LogP contribution is 2.23. The topological polar surface area (TPSA) is 39.6 Å². The number of aromatic nitrogens is 1. The number of rotatable bonds is 3. The zero-order valence-corrected chi connectivity index (χ0v) is 12.0. The summed E-state index contributed by atoms with van der Waals surface area (Å²) in [6.07, 6.45) is 2.25. The Labute approximate surface area is 118 Å². The third-order valence-electron chi connectivity index (χ3n) is 3.14. The van der Waals surface area contributed by atoms with Crippen LogP contribution < -0.4 is 0 Å². The Bertz CT molecular complexity index is 675.